The summed E-state index contributed by atoms with van der Waals surface area (Å²) in [5, 5.41) is 6.20. The lowest BCUT2D eigenvalue weighted by Gasteiger charge is -2.22. The Bertz CT molecular complexity index is 479. The quantitative estimate of drug-likeness (QED) is 0.811. The normalized spacial score (nSPS) is 15.8. The molecule has 2 rings (SSSR count). The van der Waals surface area contributed by atoms with Crippen LogP contribution in [0.3, 0.4) is 0 Å². The third kappa shape index (κ3) is 4.46. The predicted molar refractivity (Wildman–Crippen MR) is 79.9 cm³/mol. The molecule has 1 fully saturated rings. The van der Waals surface area contributed by atoms with E-state index in [1.165, 1.54) is 6.92 Å². The van der Waals surface area contributed by atoms with Crippen LogP contribution in [-0.2, 0) is 4.79 Å². The lowest BCUT2D eigenvalue weighted by molar-refractivity contribution is -0.116. The van der Waals surface area contributed by atoms with Gasteiger partial charge in [-0.25, -0.2) is 0 Å². The second-order valence-corrected chi connectivity index (χ2v) is 5.42. The largest absolute Gasteiger partial charge is 0.326 e. The van der Waals surface area contributed by atoms with Crippen molar-refractivity contribution >= 4 is 17.4 Å². The molecule has 0 unspecified atom stereocenters. The Hall–Kier alpha value is -1.68. The van der Waals surface area contributed by atoms with Gasteiger partial charge < -0.3 is 10.6 Å². The van der Waals surface area contributed by atoms with E-state index >= 15 is 0 Å². The second kappa shape index (κ2) is 7.20. The van der Waals surface area contributed by atoms with Crippen LogP contribution in [-0.4, -0.2) is 24.8 Å². The van der Waals surface area contributed by atoms with Gasteiger partial charge in [0.1, 0.15) is 0 Å². The molecule has 1 aromatic carbocycles. The number of nitrogens with one attached hydrogen (secondary N) is 2. The fraction of sp³-hybridized carbons (Fsp3) is 0.500. The topological polar surface area (TPSA) is 58.2 Å². The number of Topliss-reactive ketones (excluding diaryl/α,β-unsaturated/α-hetero) is 1. The number of hydrogen-bond donors (Lipinski definition) is 2. The van der Waals surface area contributed by atoms with Gasteiger partial charge in [-0.15, -0.1) is 0 Å². The number of ketones is 1. The van der Waals surface area contributed by atoms with Crippen molar-refractivity contribution in [2.45, 2.75) is 32.6 Å². The van der Waals surface area contributed by atoms with Crippen LogP contribution >= 0.6 is 0 Å². The highest BCUT2D eigenvalue weighted by atomic mass is 16.1. The SMILES string of the molecule is CC(=O)c1cccc(NC(=O)CCC2CCNCC2)c1. The maximum absolute atomic E-state index is 11.9. The van der Waals surface area contributed by atoms with Crippen LogP contribution in [0.2, 0.25) is 0 Å². The summed E-state index contributed by atoms with van der Waals surface area (Å²) in [6.45, 7) is 3.65. The molecule has 1 heterocycles. The van der Waals surface area contributed by atoms with Crippen molar-refractivity contribution in [3.05, 3.63) is 29.8 Å². The number of carbonyl (C=O) groups is 2. The van der Waals surface area contributed by atoms with Gasteiger partial charge >= 0.3 is 0 Å². The summed E-state index contributed by atoms with van der Waals surface area (Å²) in [5.74, 6) is 0.700. The number of carbonyl (C=O) groups excluding carboxylic acids is 2. The first-order valence-electron chi connectivity index (χ1n) is 7.27. The van der Waals surface area contributed by atoms with Crippen molar-refractivity contribution in [3.8, 4) is 0 Å². The van der Waals surface area contributed by atoms with E-state index in [9.17, 15) is 9.59 Å². The van der Waals surface area contributed by atoms with Gasteiger partial charge in [-0.1, -0.05) is 12.1 Å². The average Bonchev–Trinajstić information content (AvgIpc) is 2.46. The van der Waals surface area contributed by atoms with Crippen molar-refractivity contribution in [2.75, 3.05) is 18.4 Å². The van der Waals surface area contributed by atoms with Crippen LogP contribution in [0.4, 0.5) is 5.69 Å². The molecule has 0 saturated carbocycles. The fourth-order valence-electron chi connectivity index (χ4n) is 2.55. The van der Waals surface area contributed by atoms with Crippen molar-refractivity contribution in [3.63, 3.8) is 0 Å². The maximum atomic E-state index is 11.9. The van der Waals surface area contributed by atoms with E-state index in [-0.39, 0.29) is 11.7 Å². The Kier molecular flexibility index (Phi) is 5.30. The maximum Gasteiger partial charge on any atom is 0.224 e. The molecule has 0 aliphatic carbocycles. The summed E-state index contributed by atoms with van der Waals surface area (Å²) in [7, 11) is 0. The fourth-order valence-corrected chi connectivity index (χ4v) is 2.55. The number of hydrogen-bond acceptors (Lipinski definition) is 3. The standard InChI is InChI=1S/C16H22N2O2/c1-12(19)14-3-2-4-15(11-14)18-16(20)6-5-13-7-9-17-10-8-13/h2-4,11,13,17H,5-10H2,1H3,(H,18,20). The summed E-state index contributed by atoms with van der Waals surface area (Å²) in [6.07, 6.45) is 3.81. The molecule has 20 heavy (non-hydrogen) atoms. The molecule has 2 N–H and O–H groups in total. The van der Waals surface area contributed by atoms with Gasteiger partial charge in [0.25, 0.3) is 0 Å². The molecule has 0 aromatic heterocycles. The highest BCUT2D eigenvalue weighted by Gasteiger charge is 2.14. The summed E-state index contributed by atoms with van der Waals surface area (Å²) >= 11 is 0. The zero-order valence-corrected chi connectivity index (χ0v) is 11.9. The summed E-state index contributed by atoms with van der Waals surface area (Å²) in [5.41, 5.74) is 1.33. The van der Waals surface area contributed by atoms with E-state index < -0.39 is 0 Å². The smallest absolute Gasteiger partial charge is 0.224 e. The van der Waals surface area contributed by atoms with E-state index in [4.69, 9.17) is 0 Å². The lowest BCUT2D eigenvalue weighted by atomic mass is 9.93. The van der Waals surface area contributed by atoms with Crippen LogP contribution in [0.1, 0.15) is 43.0 Å². The minimum atomic E-state index is 0.0100. The van der Waals surface area contributed by atoms with Gasteiger partial charge in [0.2, 0.25) is 5.91 Å². The summed E-state index contributed by atoms with van der Waals surface area (Å²) in [6, 6.07) is 7.09. The third-order valence-electron chi connectivity index (χ3n) is 3.79. The summed E-state index contributed by atoms with van der Waals surface area (Å²) < 4.78 is 0. The van der Waals surface area contributed by atoms with E-state index in [1.807, 2.05) is 6.07 Å². The lowest BCUT2D eigenvalue weighted by Crippen LogP contribution is -2.28. The molecular weight excluding hydrogens is 252 g/mol. The van der Waals surface area contributed by atoms with Gasteiger partial charge in [0, 0.05) is 17.7 Å². The first kappa shape index (κ1) is 14.7. The van der Waals surface area contributed by atoms with Gasteiger partial charge in [-0.05, 0) is 57.3 Å². The van der Waals surface area contributed by atoms with Crippen LogP contribution in [0.15, 0.2) is 24.3 Å². The first-order valence-corrected chi connectivity index (χ1v) is 7.27. The zero-order chi connectivity index (χ0) is 14.4. The Labute approximate surface area is 119 Å². The van der Waals surface area contributed by atoms with E-state index in [2.05, 4.69) is 10.6 Å². The van der Waals surface area contributed by atoms with Gasteiger partial charge in [-0.3, -0.25) is 9.59 Å². The monoisotopic (exact) mass is 274 g/mol. The van der Waals surface area contributed by atoms with Gasteiger partial charge in [0.05, 0.1) is 0 Å². The molecule has 1 saturated heterocycles. The van der Waals surface area contributed by atoms with Crippen LogP contribution in [0.25, 0.3) is 0 Å². The molecule has 1 aliphatic heterocycles. The van der Waals surface area contributed by atoms with Crippen molar-refractivity contribution in [1.29, 1.82) is 0 Å². The predicted octanol–water partition coefficient (Wildman–Crippen LogP) is 2.61. The van der Waals surface area contributed by atoms with Crippen LogP contribution in [0, 0.1) is 5.92 Å². The van der Waals surface area contributed by atoms with Gasteiger partial charge in [0.15, 0.2) is 5.78 Å². The Morgan fingerprint density at radius 1 is 1.30 bits per heavy atom. The van der Waals surface area contributed by atoms with Crippen molar-refractivity contribution in [2.24, 2.45) is 5.92 Å². The average molecular weight is 274 g/mol. The molecule has 1 aliphatic rings. The molecule has 4 heteroatoms. The highest BCUT2D eigenvalue weighted by Crippen LogP contribution is 2.18. The Balaban J connectivity index is 1.81. The molecular formula is C16H22N2O2. The number of amides is 1. The number of rotatable bonds is 5. The number of piperidine rings is 1. The molecule has 0 spiro atoms. The van der Waals surface area contributed by atoms with Crippen LogP contribution < -0.4 is 10.6 Å². The minimum absolute atomic E-state index is 0.0100. The van der Waals surface area contributed by atoms with E-state index in [1.54, 1.807) is 18.2 Å². The van der Waals surface area contributed by atoms with Crippen LogP contribution in [0.5, 0.6) is 0 Å². The van der Waals surface area contributed by atoms with Gasteiger partial charge in [-0.2, -0.15) is 0 Å². The number of anilines is 1. The minimum Gasteiger partial charge on any atom is -0.326 e. The van der Waals surface area contributed by atoms with Crippen molar-refractivity contribution in [1.82, 2.24) is 5.32 Å². The molecule has 1 aromatic rings. The van der Waals surface area contributed by atoms with E-state index in [0.29, 0.717) is 23.6 Å². The molecule has 0 atom stereocenters. The first-order chi connectivity index (χ1) is 9.65. The molecule has 108 valence electrons. The third-order valence-corrected chi connectivity index (χ3v) is 3.79. The number of benzene rings is 1. The zero-order valence-electron chi connectivity index (χ0n) is 11.9. The summed E-state index contributed by atoms with van der Waals surface area (Å²) in [4.78, 5) is 23.2. The van der Waals surface area contributed by atoms with Crippen molar-refractivity contribution < 1.29 is 9.59 Å². The Morgan fingerprint density at radius 3 is 2.75 bits per heavy atom. The Morgan fingerprint density at radius 2 is 2.05 bits per heavy atom. The molecule has 0 radical (unpaired) electrons. The molecule has 4 nitrogen and oxygen atoms in total. The highest BCUT2D eigenvalue weighted by molar-refractivity contribution is 5.97. The van der Waals surface area contributed by atoms with E-state index in [0.717, 1.165) is 32.4 Å². The second-order valence-electron chi connectivity index (χ2n) is 5.42. The molecule has 0 bridgehead atoms. The molecule has 1 amide bonds.